The molecule has 1 aromatic heterocycles. The minimum Gasteiger partial charge on any atom is -0.493 e. The highest BCUT2D eigenvalue weighted by molar-refractivity contribution is 5.78. The van der Waals surface area contributed by atoms with E-state index in [1.807, 2.05) is 24.3 Å². The lowest BCUT2D eigenvalue weighted by Crippen LogP contribution is -2.26. The maximum atomic E-state index is 12.4. The van der Waals surface area contributed by atoms with Gasteiger partial charge in [0.05, 0.1) is 37.7 Å². The summed E-state index contributed by atoms with van der Waals surface area (Å²) >= 11 is 0. The zero-order valence-electron chi connectivity index (χ0n) is 21.4. The molecule has 6 heteroatoms. The van der Waals surface area contributed by atoms with Crippen LogP contribution < -0.4 is 14.8 Å². The number of imidazole rings is 1. The maximum absolute atomic E-state index is 12.4. The maximum Gasteiger partial charge on any atom is 0.224 e. The number of aryl methyl sites for hydroxylation is 1. The van der Waals surface area contributed by atoms with Gasteiger partial charge in [0.25, 0.3) is 0 Å². The molecule has 6 nitrogen and oxygen atoms in total. The smallest absolute Gasteiger partial charge is 0.224 e. The zero-order valence-corrected chi connectivity index (χ0v) is 21.4. The third-order valence-electron chi connectivity index (χ3n) is 6.55. The van der Waals surface area contributed by atoms with Crippen LogP contribution in [0.4, 0.5) is 0 Å². The average Bonchev–Trinajstić information content (AvgIpc) is 3.28. The van der Waals surface area contributed by atoms with Crippen LogP contribution in [0.5, 0.6) is 11.5 Å². The Balaban J connectivity index is 1.28. The van der Waals surface area contributed by atoms with E-state index in [4.69, 9.17) is 14.5 Å². The first kappa shape index (κ1) is 25.3. The lowest BCUT2D eigenvalue weighted by molar-refractivity contribution is -0.120. The fourth-order valence-corrected chi connectivity index (χ4v) is 4.63. The van der Waals surface area contributed by atoms with E-state index in [1.165, 1.54) is 11.1 Å². The number of nitrogens with one attached hydrogen (secondary N) is 1. The van der Waals surface area contributed by atoms with Gasteiger partial charge in [-0.3, -0.25) is 4.79 Å². The van der Waals surface area contributed by atoms with Crippen LogP contribution in [0.15, 0.2) is 72.8 Å². The number of benzene rings is 3. The van der Waals surface area contributed by atoms with Gasteiger partial charge in [-0.25, -0.2) is 4.98 Å². The van der Waals surface area contributed by atoms with Crippen LogP contribution in [0.2, 0.25) is 0 Å². The summed E-state index contributed by atoms with van der Waals surface area (Å²) in [5.74, 6) is 2.43. The van der Waals surface area contributed by atoms with Gasteiger partial charge >= 0.3 is 0 Å². The second-order valence-electron chi connectivity index (χ2n) is 9.00. The van der Waals surface area contributed by atoms with Crippen LogP contribution in [-0.4, -0.2) is 36.2 Å². The third kappa shape index (κ3) is 6.06. The number of rotatable bonds is 12. The number of ether oxygens (including phenoxy) is 2. The first-order chi connectivity index (χ1) is 17.6. The Morgan fingerprint density at radius 2 is 1.67 bits per heavy atom. The summed E-state index contributed by atoms with van der Waals surface area (Å²) in [4.78, 5) is 17.3. The monoisotopic (exact) mass is 485 g/mol. The van der Waals surface area contributed by atoms with E-state index in [1.54, 1.807) is 14.2 Å². The number of carbonyl (C=O) groups is 1. The van der Waals surface area contributed by atoms with E-state index in [9.17, 15) is 4.79 Å². The van der Waals surface area contributed by atoms with E-state index in [0.717, 1.165) is 42.6 Å². The van der Waals surface area contributed by atoms with Gasteiger partial charge in [-0.15, -0.1) is 0 Å². The number of hydrogen-bond donors (Lipinski definition) is 1. The summed E-state index contributed by atoms with van der Waals surface area (Å²) < 4.78 is 13.0. The zero-order chi connectivity index (χ0) is 25.3. The molecule has 0 aliphatic heterocycles. The minimum atomic E-state index is 0.0145. The van der Waals surface area contributed by atoms with E-state index >= 15 is 0 Å². The molecule has 0 bridgehead atoms. The van der Waals surface area contributed by atoms with Crippen molar-refractivity contribution in [3.05, 3.63) is 89.7 Å². The second kappa shape index (κ2) is 12.2. The van der Waals surface area contributed by atoms with Gasteiger partial charge in [0.2, 0.25) is 5.91 Å². The number of carbonyl (C=O) groups excluding carboxylic acids is 1. The lowest BCUT2D eigenvalue weighted by atomic mass is 10.1. The van der Waals surface area contributed by atoms with Crippen molar-refractivity contribution in [1.82, 2.24) is 14.9 Å². The topological polar surface area (TPSA) is 65.4 Å². The Bertz CT molecular complexity index is 1280. The molecule has 0 aliphatic carbocycles. The first-order valence-corrected chi connectivity index (χ1v) is 12.6. The molecule has 0 radical (unpaired) electrons. The van der Waals surface area contributed by atoms with Crippen molar-refractivity contribution in [2.24, 2.45) is 0 Å². The van der Waals surface area contributed by atoms with Crippen molar-refractivity contribution < 1.29 is 14.3 Å². The van der Waals surface area contributed by atoms with Gasteiger partial charge < -0.3 is 19.4 Å². The van der Waals surface area contributed by atoms with Crippen molar-refractivity contribution >= 4 is 16.9 Å². The molecular formula is C30H35N3O3. The van der Waals surface area contributed by atoms with Gasteiger partial charge in [0, 0.05) is 13.0 Å². The van der Waals surface area contributed by atoms with E-state index in [2.05, 4.69) is 65.3 Å². The number of unbranched alkanes of at least 4 members (excludes halogenated alkanes) is 2. The largest absolute Gasteiger partial charge is 0.493 e. The number of amides is 1. The van der Waals surface area contributed by atoms with Crippen molar-refractivity contribution in [2.75, 3.05) is 20.8 Å². The number of fused-ring (bicyclic) bond motifs is 1. The van der Waals surface area contributed by atoms with Crippen LogP contribution in [0, 0.1) is 0 Å². The highest BCUT2D eigenvalue weighted by Crippen LogP contribution is 2.28. The Morgan fingerprint density at radius 3 is 2.44 bits per heavy atom. The molecule has 188 valence electrons. The molecule has 1 heterocycles. The summed E-state index contributed by atoms with van der Waals surface area (Å²) in [5, 5.41) is 3.04. The molecule has 0 fully saturated rings. The number of aromatic nitrogens is 2. The summed E-state index contributed by atoms with van der Waals surface area (Å²) in [6, 6.07) is 24.7. The highest BCUT2D eigenvalue weighted by atomic mass is 16.5. The third-order valence-corrected chi connectivity index (χ3v) is 6.55. The fraction of sp³-hybridized carbons (Fsp3) is 0.333. The molecule has 1 atom stereocenters. The van der Waals surface area contributed by atoms with E-state index in [0.29, 0.717) is 24.5 Å². The Hall–Kier alpha value is -3.80. The van der Waals surface area contributed by atoms with Crippen LogP contribution in [-0.2, 0) is 17.6 Å². The van der Waals surface area contributed by atoms with Crippen LogP contribution in [0.25, 0.3) is 11.0 Å². The molecule has 0 saturated heterocycles. The number of nitrogens with zero attached hydrogens (tertiary/aromatic N) is 2. The standard InChI is InChI=1S/C30H35N3O3/c1-22(24-12-6-4-7-13-24)33-26-15-10-9-14-25(26)32-29(33)16-8-5-11-19-31-30(34)21-23-17-18-27(35-2)28(20-23)36-3/h4,6-7,9-10,12-15,17-18,20,22H,5,8,11,16,19,21H2,1-3H3,(H,31,34). The number of para-hydroxylation sites is 2. The molecule has 1 amide bonds. The predicted octanol–water partition coefficient (Wildman–Crippen LogP) is 5.73. The Labute approximate surface area is 213 Å². The highest BCUT2D eigenvalue weighted by Gasteiger charge is 2.17. The fourth-order valence-electron chi connectivity index (χ4n) is 4.63. The molecule has 4 rings (SSSR count). The van der Waals surface area contributed by atoms with Crippen LogP contribution >= 0.6 is 0 Å². The molecule has 0 spiro atoms. The van der Waals surface area contributed by atoms with Crippen molar-refractivity contribution in [3.8, 4) is 11.5 Å². The minimum absolute atomic E-state index is 0.0145. The van der Waals surface area contributed by atoms with Crippen molar-refractivity contribution in [1.29, 1.82) is 0 Å². The summed E-state index contributed by atoms with van der Waals surface area (Å²) in [5.41, 5.74) is 4.39. The molecule has 3 aromatic carbocycles. The molecule has 0 aliphatic rings. The molecule has 4 aromatic rings. The van der Waals surface area contributed by atoms with Gasteiger partial charge in [-0.1, -0.05) is 55.0 Å². The Kier molecular flexibility index (Phi) is 8.61. The lowest BCUT2D eigenvalue weighted by Gasteiger charge is -2.18. The van der Waals surface area contributed by atoms with Gasteiger partial charge in [0.1, 0.15) is 5.82 Å². The van der Waals surface area contributed by atoms with Crippen LogP contribution in [0.1, 0.15) is 49.2 Å². The van der Waals surface area contributed by atoms with Gasteiger partial charge in [-0.2, -0.15) is 0 Å². The summed E-state index contributed by atoms with van der Waals surface area (Å²) in [6.45, 7) is 2.91. The van der Waals surface area contributed by atoms with Crippen molar-refractivity contribution in [2.45, 2.75) is 45.1 Å². The molecule has 36 heavy (non-hydrogen) atoms. The van der Waals surface area contributed by atoms with E-state index in [-0.39, 0.29) is 11.9 Å². The van der Waals surface area contributed by atoms with E-state index < -0.39 is 0 Å². The van der Waals surface area contributed by atoms with Crippen molar-refractivity contribution in [3.63, 3.8) is 0 Å². The predicted molar refractivity (Wildman–Crippen MR) is 144 cm³/mol. The average molecular weight is 486 g/mol. The number of methoxy groups -OCH3 is 2. The molecule has 1 N–H and O–H groups in total. The SMILES string of the molecule is COc1ccc(CC(=O)NCCCCCc2nc3ccccc3n2C(C)c2ccccc2)cc1OC. The van der Waals surface area contributed by atoms with Gasteiger partial charge in [0.15, 0.2) is 11.5 Å². The molecule has 0 saturated carbocycles. The summed E-state index contributed by atoms with van der Waals surface area (Å²) in [7, 11) is 3.20. The number of hydrogen-bond acceptors (Lipinski definition) is 4. The molecular weight excluding hydrogens is 450 g/mol. The normalized spacial score (nSPS) is 11.9. The summed E-state index contributed by atoms with van der Waals surface area (Å²) in [6.07, 6.45) is 4.22. The van der Waals surface area contributed by atoms with Gasteiger partial charge in [-0.05, 0) is 55.2 Å². The first-order valence-electron chi connectivity index (χ1n) is 12.6. The second-order valence-corrected chi connectivity index (χ2v) is 9.00. The molecule has 1 unspecified atom stereocenters. The van der Waals surface area contributed by atoms with Crippen LogP contribution in [0.3, 0.4) is 0 Å². The Morgan fingerprint density at radius 1 is 0.917 bits per heavy atom. The quantitative estimate of drug-likeness (QED) is 0.260.